The topological polar surface area (TPSA) is 34.4 Å². The molecular formula is C20H20F3NO2. The van der Waals surface area contributed by atoms with Crippen molar-refractivity contribution < 1.29 is 23.0 Å². The van der Waals surface area contributed by atoms with Gasteiger partial charge in [-0.05, 0) is 24.1 Å². The van der Waals surface area contributed by atoms with Gasteiger partial charge in [0.15, 0.2) is 0 Å². The van der Waals surface area contributed by atoms with Crippen LogP contribution >= 0.6 is 0 Å². The molecule has 3 nitrogen and oxygen atoms in total. The first-order chi connectivity index (χ1) is 12.3. The summed E-state index contributed by atoms with van der Waals surface area (Å²) in [4.78, 5) is 0. The molecule has 26 heavy (non-hydrogen) atoms. The van der Waals surface area contributed by atoms with Crippen LogP contribution in [0.2, 0.25) is 0 Å². The summed E-state index contributed by atoms with van der Waals surface area (Å²) in [7, 11) is 1.53. The molecule has 3 rings (SSSR count). The van der Waals surface area contributed by atoms with Crippen LogP contribution in [0.4, 0.5) is 13.2 Å². The lowest BCUT2D eigenvalue weighted by Crippen LogP contribution is -2.14. The Morgan fingerprint density at radius 3 is 2.42 bits per heavy atom. The summed E-state index contributed by atoms with van der Waals surface area (Å²) in [5, 5.41) is 11.1. The van der Waals surface area contributed by atoms with Crippen LogP contribution in [-0.4, -0.2) is 23.0 Å². The highest BCUT2D eigenvalue weighted by Gasteiger charge is 2.35. The Morgan fingerprint density at radius 2 is 1.81 bits per heavy atom. The number of fused-ring (bicyclic) bond motifs is 1. The molecule has 0 amide bonds. The van der Waals surface area contributed by atoms with Gasteiger partial charge in [-0.25, -0.2) is 0 Å². The fraction of sp³-hybridized carbons (Fsp3) is 0.300. The molecule has 3 aromatic rings. The van der Waals surface area contributed by atoms with Crippen LogP contribution in [0.3, 0.4) is 0 Å². The van der Waals surface area contributed by atoms with Crippen molar-refractivity contribution in [3.05, 3.63) is 59.7 Å². The van der Waals surface area contributed by atoms with Crippen molar-refractivity contribution >= 4 is 10.9 Å². The van der Waals surface area contributed by atoms with Crippen molar-refractivity contribution in [2.75, 3.05) is 7.11 Å². The Labute approximate surface area is 149 Å². The predicted octanol–water partition coefficient (Wildman–Crippen LogP) is 5.21. The number of aryl methyl sites for hydroxylation is 1. The van der Waals surface area contributed by atoms with E-state index in [-0.39, 0.29) is 12.3 Å². The molecule has 0 aliphatic heterocycles. The van der Waals surface area contributed by atoms with E-state index in [1.54, 1.807) is 6.07 Å². The lowest BCUT2D eigenvalue weighted by Gasteiger charge is -2.17. The highest BCUT2D eigenvalue weighted by molar-refractivity contribution is 5.92. The van der Waals surface area contributed by atoms with Gasteiger partial charge in [0.25, 0.3) is 0 Å². The van der Waals surface area contributed by atoms with Gasteiger partial charge in [-0.2, -0.15) is 13.2 Å². The largest absolute Gasteiger partial charge is 0.391 e. The molecule has 1 unspecified atom stereocenters. The number of benzene rings is 2. The molecule has 0 saturated heterocycles. The van der Waals surface area contributed by atoms with Gasteiger partial charge < -0.3 is 14.4 Å². The van der Waals surface area contributed by atoms with Crippen LogP contribution in [0.5, 0.6) is 0 Å². The maximum Gasteiger partial charge on any atom is 0.391 e. The summed E-state index contributed by atoms with van der Waals surface area (Å²) < 4.78 is 46.0. The summed E-state index contributed by atoms with van der Waals surface area (Å²) >= 11 is 0. The van der Waals surface area contributed by atoms with E-state index in [0.717, 1.165) is 16.6 Å². The third-order valence-electron chi connectivity index (χ3n) is 4.32. The summed E-state index contributed by atoms with van der Waals surface area (Å²) in [6.07, 6.45) is -7.42. The molecule has 0 fully saturated rings. The number of halogens is 3. The number of aromatic nitrogens is 1. The molecule has 1 atom stereocenters. The molecule has 1 aromatic heterocycles. The zero-order valence-corrected chi connectivity index (χ0v) is 14.5. The SMILES string of the molecule is COCn1c(-c2ccccc2)c(C(O)CC(F)(F)F)c2ccc(C)cc21. The van der Waals surface area contributed by atoms with Gasteiger partial charge in [0.2, 0.25) is 0 Å². The minimum atomic E-state index is -4.46. The van der Waals surface area contributed by atoms with Crippen molar-refractivity contribution in [1.82, 2.24) is 4.57 Å². The molecule has 0 spiro atoms. The fourth-order valence-corrected chi connectivity index (χ4v) is 3.32. The minimum Gasteiger partial charge on any atom is -0.388 e. The van der Waals surface area contributed by atoms with Crippen LogP contribution in [-0.2, 0) is 11.5 Å². The molecule has 1 heterocycles. The average molecular weight is 363 g/mol. The standard InChI is InChI=1S/C20H20F3NO2/c1-13-8-9-15-16(10-13)24(12-26-2)19(14-6-4-3-5-7-14)18(15)17(25)11-20(21,22)23/h3-10,17,25H,11-12H2,1-2H3. The van der Waals surface area contributed by atoms with E-state index in [1.807, 2.05) is 54.0 Å². The smallest absolute Gasteiger partial charge is 0.388 e. The molecule has 1 N–H and O–H groups in total. The first kappa shape index (κ1) is 18.5. The van der Waals surface area contributed by atoms with Gasteiger partial charge in [0.05, 0.1) is 23.7 Å². The van der Waals surface area contributed by atoms with Crippen molar-refractivity contribution in [2.24, 2.45) is 0 Å². The number of methoxy groups -OCH3 is 1. The Bertz CT molecular complexity index is 901. The van der Waals surface area contributed by atoms with Crippen molar-refractivity contribution in [2.45, 2.75) is 32.4 Å². The molecule has 0 saturated carbocycles. The third kappa shape index (κ3) is 3.61. The maximum absolute atomic E-state index is 13.0. The summed E-state index contributed by atoms with van der Waals surface area (Å²) in [6, 6.07) is 14.6. The van der Waals surface area contributed by atoms with E-state index in [0.29, 0.717) is 11.1 Å². The van der Waals surface area contributed by atoms with Gasteiger partial charge in [-0.3, -0.25) is 0 Å². The zero-order valence-electron chi connectivity index (χ0n) is 14.5. The van der Waals surface area contributed by atoms with Crippen LogP contribution < -0.4 is 0 Å². The summed E-state index contributed by atoms with van der Waals surface area (Å²) in [5.74, 6) is 0. The Kier molecular flexibility index (Phi) is 5.07. The molecule has 6 heteroatoms. The van der Waals surface area contributed by atoms with E-state index in [9.17, 15) is 18.3 Å². The molecular weight excluding hydrogens is 343 g/mol. The van der Waals surface area contributed by atoms with Crippen molar-refractivity contribution in [3.8, 4) is 11.3 Å². The second kappa shape index (κ2) is 7.13. The number of nitrogens with zero attached hydrogens (tertiary/aromatic N) is 1. The first-order valence-corrected chi connectivity index (χ1v) is 8.23. The number of aliphatic hydroxyl groups excluding tert-OH is 1. The normalized spacial score (nSPS) is 13.3. The van der Waals surface area contributed by atoms with E-state index in [1.165, 1.54) is 7.11 Å². The van der Waals surface area contributed by atoms with Gasteiger partial charge >= 0.3 is 6.18 Å². The minimum absolute atomic E-state index is 0.170. The second-order valence-corrected chi connectivity index (χ2v) is 6.33. The van der Waals surface area contributed by atoms with E-state index in [2.05, 4.69) is 0 Å². The molecule has 0 bridgehead atoms. The quantitative estimate of drug-likeness (QED) is 0.676. The number of alkyl halides is 3. The Balaban J connectivity index is 2.33. The second-order valence-electron chi connectivity index (χ2n) is 6.33. The zero-order chi connectivity index (χ0) is 18.9. The fourth-order valence-electron chi connectivity index (χ4n) is 3.32. The molecule has 0 aliphatic carbocycles. The average Bonchev–Trinajstić information content (AvgIpc) is 2.88. The van der Waals surface area contributed by atoms with Gasteiger partial charge in [0.1, 0.15) is 6.73 Å². The molecule has 2 aromatic carbocycles. The van der Waals surface area contributed by atoms with Crippen molar-refractivity contribution in [1.29, 1.82) is 0 Å². The third-order valence-corrected chi connectivity index (χ3v) is 4.32. The van der Waals surface area contributed by atoms with E-state index in [4.69, 9.17) is 4.74 Å². The number of ether oxygens (including phenoxy) is 1. The number of aliphatic hydroxyl groups is 1. The summed E-state index contributed by atoms with van der Waals surface area (Å²) in [5.41, 5.74) is 3.27. The monoisotopic (exact) mass is 363 g/mol. The number of hydrogen-bond donors (Lipinski definition) is 1. The predicted molar refractivity (Wildman–Crippen MR) is 94.8 cm³/mol. The lowest BCUT2D eigenvalue weighted by molar-refractivity contribution is -0.154. The van der Waals surface area contributed by atoms with Gasteiger partial charge in [-0.15, -0.1) is 0 Å². The summed E-state index contributed by atoms with van der Waals surface area (Å²) in [6.45, 7) is 2.08. The van der Waals surface area contributed by atoms with Gasteiger partial charge in [-0.1, -0.05) is 42.5 Å². The molecule has 0 aliphatic rings. The van der Waals surface area contributed by atoms with Crippen molar-refractivity contribution in [3.63, 3.8) is 0 Å². The first-order valence-electron chi connectivity index (χ1n) is 8.23. The van der Waals surface area contributed by atoms with Crippen LogP contribution in [0.25, 0.3) is 22.2 Å². The van der Waals surface area contributed by atoms with E-state index >= 15 is 0 Å². The highest BCUT2D eigenvalue weighted by atomic mass is 19.4. The van der Waals surface area contributed by atoms with Crippen LogP contribution in [0.15, 0.2) is 48.5 Å². The van der Waals surface area contributed by atoms with Crippen LogP contribution in [0.1, 0.15) is 23.7 Å². The van der Waals surface area contributed by atoms with Crippen LogP contribution in [0, 0.1) is 6.92 Å². The van der Waals surface area contributed by atoms with E-state index < -0.39 is 18.7 Å². The number of rotatable bonds is 5. The van der Waals surface area contributed by atoms with Gasteiger partial charge in [0, 0.05) is 18.1 Å². The number of hydrogen-bond acceptors (Lipinski definition) is 2. The lowest BCUT2D eigenvalue weighted by atomic mass is 9.98. The molecule has 138 valence electrons. The Hall–Kier alpha value is -2.31. The Morgan fingerprint density at radius 1 is 1.12 bits per heavy atom. The maximum atomic E-state index is 13.0. The highest BCUT2D eigenvalue weighted by Crippen LogP contribution is 2.41. The molecule has 0 radical (unpaired) electrons.